The predicted octanol–water partition coefficient (Wildman–Crippen LogP) is 2.50. The van der Waals surface area contributed by atoms with Crippen molar-refractivity contribution in [3.05, 3.63) is 0 Å². The minimum absolute atomic E-state index is 0.0484. The second-order valence-electron chi connectivity index (χ2n) is 5.23. The van der Waals surface area contributed by atoms with Crippen LogP contribution in [-0.4, -0.2) is 24.7 Å². The molecule has 16 heavy (non-hydrogen) atoms. The molecule has 0 spiro atoms. The molecule has 1 aliphatic carbocycles. The minimum atomic E-state index is -0.0484. The van der Waals surface area contributed by atoms with E-state index < -0.39 is 0 Å². The summed E-state index contributed by atoms with van der Waals surface area (Å²) in [6.07, 6.45) is 5.16. The van der Waals surface area contributed by atoms with Crippen LogP contribution in [0.1, 0.15) is 52.9 Å². The monoisotopic (exact) mass is 227 g/mol. The molecule has 0 aromatic carbocycles. The Morgan fingerprint density at radius 1 is 1.31 bits per heavy atom. The lowest BCUT2D eigenvalue weighted by Crippen LogP contribution is -2.28. The van der Waals surface area contributed by atoms with Crippen LogP contribution in [0.5, 0.6) is 0 Å². The van der Waals surface area contributed by atoms with Gasteiger partial charge in [-0.3, -0.25) is 4.79 Å². The molecule has 0 atom stereocenters. The van der Waals surface area contributed by atoms with Gasteiger partial charge in [-0.25, -0.2) is 0 Å². The van der Waals surface area contributed by atoms with E-state index in [1.165, 1.54) is 12.8 Å². The number of hydrogen-bond acceptors (Lipinski definition) is 3. The number of nitrogens with one attached hydrogen (secondary N) is 1. The van der Waals surface area contributed by atoms with Gasteiger partial charge in [0.25, 0.3) is 0 Å². The smallest absolute Gasteiger partial charge is 0.307 e. The average molecular weight is 227 g/mol. The quantitative estimate of drug-likeness (QED) is 0.733. The Morgan fingerprint density at radius 3 is 2.50 bits per heavy atom. The van der Waals surface area contributed by atoms with E-state index in [1.54, 1.807) is 0 Å². The van der Waals surface area contributed by atoms with Crippen molar-refractivity contribution in [3.63, 3.8) is 0 Å². The van der Waals surface area contributed by atoms with Gasteiger partial charge in [0, 0.05) is 12.6 Å². The van der Waals surface area contributed by atoms with Crippen molar-refractivity contribution in [2.75, 3.05) is 6.54 Å². The van der Waals surface area contributed by atoms with Crippen LogP contribution in [0.2, 0.25) is 0 Å². The summed E-state index contributed by atoms with van der Waals surface area (Å²) >= 11 is 0. The lowest BCUT2D eigenvalue weighted by atomic mass is 9.89. The number of carbonyl (C=O) groups excluding carboxylic acids is 1. The molecular formula is C13H25NO2. The largest absolute Gasteiger partial charge is 0.462 e. The topological polar surface area (TPSA) is 38.3 Å². The Bertz CT molecular complexity index is 208. The number of rotatable bonds is 5. The summed E-state index contributed by atoms with van der Waals surface area (Å²) in [5, 5.41) is 3.22. The van der Waals surface area contributed by atoms with E-state index in [0.29, 0.717) is 12.5 Å². The van der Waals surface area contributed by atoms with Gasteiger partial charge in [0.1, 0.15) is 6.10 Å². The van der Waals surface area contributed by atoms with Crippen LogP contribution >= 0.6 is 0 Å². The third kappa shape index (κ3) is 5.50. The standard InChI is InChI=1S/C13H25NO2/c1-10(2)14-9-8-13(15)16-12-6-4-11(3)5-7-12/h10-12,14H,4-9H2,1-3H3. The third-order valence-electron chi connectivity index (χ3n) is 3.14. The molecule has 0 saturated heterocycles. The van der Waals surface area contributed by atoms with Gasteiger partial charge in [-0.15, -0.1) is 0 Å². The first-order chi connectivity index (χ1) is 7.58. The van der Waals surface area contributed by atoms with E-state index in [0.717, 1.165) is 25.3 Å². The molecule has 0 aromatic rings. The van der Waals surface area contributed by atoms with Gasteiger partial charge in [-0.1, -0.05) is 20.8 Å². The Labute approximate surface area is 98.9 Å². The number of ether oxygens (including phenoxy) is 1. The molecule has 0 radical (unpaired) electrons. The average Bonchev–Trinajstić information content (AvgIpc) is 2.21. The lowest BCUT2D eigenvalue weighted by Gasteiger charge is -2.26. The highest BCUT2D eigenvalue weighted by molar-refractivity contribution is 5.69. The highest BCUT2D eigenvalue weighted by Crippen LogP contribution is 2.25. The van der Waals surface area contributed by atoms with Crippen LogP contribution in [0.15, 0.2) is 0 Å². The fourth-order valence-corrected chi connectivity index (χ4v) is 2.06. The number of esters is 1. The molecule has 0 bridgehead atoms. The fraction of sp³-hybridized carbons (Fsp3) is 0.923. The molecule has 0 aliphatic heterocycles. The number of carbonyl (C=O) groups is 1. The zero-order chi connectivity index (χ0) is 12.0. The molecule has 0 unspecified atom stereocenters. The van der Waals surface area contributed by atoms with E-state index in [-0.39, 0.29) is 12.1 Å². The first-order valence-corrected chi connectivity index (χ1v) is 6.50. The van der Waals surface area contributed by atoms with Gasteiger partial charge in [0.15, 0.2) is 0 Å². The van der Waals surface area contributed by atoms with Crippen molar-refractivity contribution in [2.45, 2.75) is 65.0 Å². The maximum absolute atomic E-state index is 11.5. The zero-order valence-electron chi connectivity index (χ0n) is 10.8. The van der Waals surface area contributed by atoms with Crippen molar-refractivity contribution in [3.8, 4) is 0 Å². The molecule has 0 heterocycles. The van der Waals surface area contributed by atoms with Gasteiger partial charge in [0.2, 0.25) is 0 Å². The van der Waals surface area contributed by atoms with Crippen LogP contribution in [0, 0.1) is 5.92 Å². The van der Waals surface area contributed by atoms with Crippen LogP contribution in [0.4, 0.5) is 0 Å². The molecule has 1 saturated carbocycles. The molecule has 1 N–H and O–H groups in total. The van der Waals surface area contributed by atoms with Gasteiger partial charge in [-0.05, 0) is 31.6 Å². The summed E-state index contributed by atoms with van der Waals surface area (Å²) in [5.41, 5.74) is 0. The van der Waals surface area contributed by atoms with Crippen molar-refractivity contribution >= 4 is 5.97 Å². The van der Waals surface area contributed by atoms with Gasteiger partial charge in [0.05, 0.1) is 6.42 Å². The SMILES string of the molecule is CC1CCC(OC(=O)CCNC(C)C)CC1. The van der Waals surface area contributed by atoms with Crippen LogP contribution in [-0.2, 0) is 9.53 Å². The molecule has 1 aliphatic rings. The van der Waals surface area contributed by atoms with Crippen molar-refractivity contribution in [2.24, 2.45) is 5.92 Å². The summed E-state index contributed by atoms with van der Waals surface area (Å²) in [4.78, 5) is 11.5. The summed E-state index contributed by atoms with van der Waals surface area (Å²) in [7, 11) is 0. The Hall–Kier alpha value is -0.570. The first-order valence-electron chi connectivity index (χ1n) is 6.50. The van der Waals surface area contributed by atoms with Crippen LogP contribution in [0.3, 0.4) is 0 Å². The Kier molecular flexibility index (Phi) is 5.81. The van der Waals surface area contributed by atoms with Gasteiger partial charge >= 0.3 is 5.97 Å². The van der Waals surface area contributed by atoms with Crippen molar-refractivity contribution in [1.29, 1.82) is 0 Å². The van der Waals surface area contributed by atoms with Crippen LogP contribution in [0.25, 0.3) is 0 Å². The predicted molar refractivity (Wildman–Crippen MR) is 65.3 cm³/mol. The van der Waals surface area contributed by atoms with E-state index in [9.17, 15) is 4.79 Å². The number of hydrogen-bond donors (Lipinski definition) is 1. The molecule has 3 heteroatoms. The molecule has 94 valence electrons. The second-order valence-corrected chi connectivity index (χ2v) is 5.23. The maximum atomic E-state index is 11.5. The zero-order valence-corrected chi connectivity index (χ0v) is 10.8. The Balaban J connectivity index is 2.09. The molecule has 1 rings (SSSR count). The van der Waals surface area contributed by atoms with Gasteiger partial charge < -0.3 is 10.1 Å². The fourth-order valence-electron chi connectivity index (χ4n) is 2.06. The molecule has 0 amide bonds. The lowest BCUT2D eigenvalue weighted by molar-refractivity contribution is -0.150. The van der Waals surface area contributed by atoms with Gasteiger partial charge in [-0.2, -0.15) is 0 Å². The molecular weight excluding hydrogens is 202 g/mol. The van der Waals surface area contributed by atoms with Crippen LogP contribution < -0.4 is 5.32 Å². The molecule has 3 nitrogen and oxygen atoms in total. The maximum Gasteiger partial charge on any atom is 0.307 e. The van der Waals surface area contributed by atoms with E-state index in [1.807, 2.05) is 0 Å². The summed E-state index contributed by atoms with van der Waals surface area (Å²) in [6.45, 7) is 7.14. The van der Waals surface area contributed by atoms with E-state index >= 15 is 0 Å². The normalized spacial score (nSPS) is 25.8. The van der Waals surface area contributed by atoms with E-state index in [2.05, 4.69) is 26.1 Å². The van der Waals surface area contributed by atoms with Crippen molar-refractivity contribution in [1.82, 2.24) is 5.32 Å². The van der Waals surface area contributed by atoms with E-state index in [4.69, 9.17) is 4.74 Å². The molecule has 1 fully saturated rings. The highest BCUT2D eigenvalue weighted by Gasteiger charge is 2.21. The highest BCUT2D eigenvalue weighted by atomic mass is 16.5. The second kappa shape index (κ2) is 6.89. The third-order valence-corrected chi connectivity index (χ3v) is 3.14. The first kappa shape index (κ1) is 13.5. The summed E-state index contributed by atoms with van der Waals surface area (Å²) in [6, 6.07) is 0.434. The minimum Gasteiger partial charge on any atom is -0.462 e. The van der Waals surface area contributed by atoms with Crippen molar-refractivity contribution < 1.29 is 9.53 Å². The Morgan fingerprint density at radius 2 is 1.94 bits per heavy atom. The summed E-state index contributed by atoms with van der Waals surface area (Å²) < 4.78 is 5.44. The summed E-state index contributed by atoms with van der Waals surface area (Å²) in [5.74, 6) is 0.755. The molecule has 0 aromatic heterocycles.